The number of nitrogens with one attached hydrogen (secondary N) is 1. The van der Waals surface area contributed by atoms with Crippen LogP contribution in [0.2, 0.25) is 5.02 Å². The van der Waals surface area contributed by atoms with E-state index in [4.69, 9.17) is 11.6 Å². The van der Waals surface area contributed by atoms with Crippen molar-refractivity contribution < 1.29 is 4.39 Å². The molecule has 0 unspecified atom stereocenters. The van der Waals surface area contributed by atoms with Gasteiger partial charge in [0, 0.05) is 0 Å². The van der Waals surface area contributed by atoms with Gasteiger partial charge in [-0.3, -0.25) is 0 Å². The number of hydrogen-bond donors (Lipinski definition) is 1. The Bertz CT molecular complexity index is 738. The normalized spacial score (nSPS) is 11.2. The maximum atomic E-state index is 14.0. The first kappa shape index (κ1) is 12.2. The van der Waals surface area contributed by atoms with Gasteiger partial charge in [0.25, 0.3) is 0 Å². The van der Waals surface area contributed by atoms with Crippen LogP contribution in [-0.4, -0.2) is 9.97 Å². The Morgan fingerprint density at radius 1 is 1.16 bits per heavy atom. The van der Waals surface area contributed by atoms with Gasteiger partial charge >= 0.3 is 0 Å². The molecule has 1 heterocycles. The van der Waals surface area contributed by atoms with Crippen LogP contribution in [0.25, 0.3) is 22.4 Å². The monoisotopic (exact) mass is 274 g/mol. The molecule has 0 aliphatic heterocycles. The van der Waals surface area contributed by atoms with E-state index in [1.807, 2.05) is 26.0 Å². The molecule has 1 aromatic heterocycles. The Hall–Kier alpha value is -1.87. The topological polar surface area (TPSA) is 28.7 Å². The van der Waals surface area contributed by atoms with Crippen molar-refractivity contribution >= 4 is 22.6 Å². The Labute approximate surface area is 115 Å². The zero-order valence-corrected chi connectivity index (χ0v) is 11.3. The summed E-state index contributed by atoms with van der Waals surface area (Å²) in [5, 5.41) is 0.102. The van der Waals surface area contributed by atoms with Gasteiger partial charge in [-0.05, 0) is 49.2 Å². The summed E-state index contributed by atoms with van der Waals surface area (Å²) in [7, 11) is 0. The number of benzene rings is 2. The molecule has 0 radical (unpaired) electrons. The summed E-state index contributed by atoms with van der Waals surface area (Å²) in [6, 6.07) is 8.91. The molecule has 3 rings (SSSR count). The van der Waals surface area contributed by atoms with Crippen molar-refractivity contribution in [2.75, 3.05) is 0 Å². The second-order valence-electron chi connectivity index (χ2n) is 4.64. The quantitative estimate of drug-likeness (QED) is 0.688. The molecular weight excluding hydrogens is 263 g/mol. The number of H-pyrrole nitrogens is 1. The molecule has 0 fully saturated rings. The van der Waals surface area contributed by atoms with Crippen LogP contribution in [0.1, 0.15) is 11.1 Å². The first-order valence-corrected chi connectivity index (χ1v) is 6.35. The fraction of sp³-hybridized carbons (Fsp3) is 0.133. The Morgan fingerprint density at radius 3 is 2.68 bits per heavy atom. The maximum Gasteiger partial charge on any atom is 0.152 e. The van der Waals surface area contributed by atoms with E-state index in [2.05, 4.69) is 9.97 Å². The van der Waals surface area contributed by atoms with Crippen LogP contribution in [0.5, 0.6) is 0 Å². The van der Waals surface area contributed by atoms with Crippen molar-refractivity contribution in [3.63, 3.8) is 0 Å². The standard InChI is InChI=1S/C15H12ClFN2/c1-8-6-12-13(7-9(8)2)19-15(18-12)10-4-3-5-11(16)14(10)17/h3-7H,1-2H3,(H,18,19). The lowest BCUT2D eigenvalue weighted by atomic mass is 10.1. The Morgan fingerprint density at radius 2 is 1.89 bits per heavy atom. The number of imidazole rings is 1. The second-order valence-corrected chi connectivity index (χ2v) is 5.05. The third-order valence-corrected chi connectivity index (χ3v) is 3.60. The molecule has 4 heteroatoms. The fourth-order valence-corrected chi connectivity index (χ4v) is 2.26. The van der Waals surface area contributed by atoms with Crippen LogP contribution in [0, 0.1) is 19.7 Å². The average molecular weight is 275 g/mol. The van der Waals surface area contributed by atoms with Gasteiger partial charge in [-0.1, -0.05) is 17.7 Å². The molecular formula is C15H12ClFN2. The van der Waals surface area contributed by atoms with E-state index in [-0.39, 0.29) is 5.02 Å². The highest BCUT2D eigenvalue weighted by Gasteiger charge is 2.12. The largest absolute Gasteiger partial charge is 0.338 e. The molecule has 0 saturated carbocycles. The Kier molecular flexibility index (Phi) is 2.79. The van der Waals surface area contributed by atoms with E-state index < -0.39 is 5.82 Å². The van der Waals surface area contributed by atoms with Crippen molar-refractivity contribution in [1.82, 2.24) is 9.97 Å². The number of aromatic nitrogens is 2. The van der Waals surface area contributed by atoms with Crippen LogP contribution >= 0.6 is 11.6 Å². The molecule has 19 heavy (non-hydrogen) atoms. The minimum atomic E-state index is -0.448. The van der Waals surface area contributed by atoms with Gasteiger partial charge in [-0.25, -0.2) is 9.37 Å². The predicted molar refractivity (Wildman–Crippen MR) is 76.0 cm³/mol. The van der Waals surface area contributed by atoms with E-state index in [1.54, 1.807) is 12.1 Å². The van der Waals surface area contributed by atoms with Crippen LogP contribution in [0.4, 0.5) is 4.39 Å². The van der Waals surface area contributed by atoms with E-state index in [9.17, 15) is 4.39 Å². The average Bonchev–Trinajstić information content (AvgIpc) is 2.76. The zero-order valence-electron chi connectivity index (χ0n) is 10.6. The first-order chi connectivity index (χ1) is 9.06. The first-order valence-electron chi connectivity index (χ1n) is 5.97. The SMILES string of the molecule is Cc1cc2nc(-c3cccc(Cl)c3F)[nH]c2cc1C. The molecule has 96 valence electrons. The van der Waals surface area contributed by atoms with Crippen LogP contribution < -0.4 is 0 Å². The number of nitrogens with zero attached hydrogens (tertiary/aromatic N) is 1. The summed E-state index contributed by atoms with van der Waals surface area (Å²) in [6.45, 7) is 4.07. The van der Waals surface area contributed by atoms with E-state index in [1.165, 1.54) is 11.6 Å². The van der Waals surface area contributed by atoms with Crippen LogP contribution in [0.15, 0.2) is 30.3 Å². The van der Waals surface area contributed by atoms with Crippen molar-refractivity contribution in [3.8, 4) is 11.4 Å². The van der Waals surface area contributed by atoms with Gasteiger partial charge in [-0.2, -0.15) is 0 Å². The van der Waals surface area contributed by atoms with Crippen molar-refractivity contribution in [2.45, 2.75) is 13.8 Å². The smallest absolute Gasteiger partial charge is 0.152 e. The summed E-state index contributed by atoms with van der Waals surface area (Å²) in [6.07, 6.45) is 0. The maximum absolute atomic E-state index is 14.0. The summed E-state index contributed by atoms with van der Waals surface area (Å²) in [5.74, 6) is 0.0525. The number of aromatic amines is 1. The molecule has 0 amide bonds. The fourth-order valence-electron chi connectivity index (χ4n) is 2.08. The molecule has 3 aromatic rings. The third kappa shape index (κ3) is 2.00. The number of halogens is 2. The molecule has 0 saturated heterocycles. The zero-order chi connectivity index (χ0) is 13.6. The molecule has 0 spiro atoms. The lowest BCUT2D eigenvalue weighted by Gasteiger charge is -2.00. The third-order valence-electron chi connectivity index (χ3n) is 3.30. The molecule has 0 bridgehead atoms. The van der Waals surface area contributed by atoms with Gasteiger partial charge in [0.2, 0.25) is 0 Å². The molecule has 2 aromatic carbocycles. The molecule has 0 aliphatic carbocycles. The summed E-state index contributed by atoms with van der Waals surface area (Å²) < 4.78 is 14.0. The number of hydrogen-bond acceptors (Lipinski definition) is 1. The molecule has 1 N–H and O–H groups in total. The minimum Gasteiger partial charge on any atom is -0.338 e. The van der Waals surface area contributed by atoms with Crippen molar-refractivity contribution in [1.29, 1.82) is 0 Å². The predicted octanol–water partition coefficient (Wildman–Crippen LogP) is 4.64. The Balaban J connectivity index is 2.23. The van der Waals surface area contributed by atoms with Crippen molar-refractivity contribution in [3.05, 3.63) is 52.3 Å². The lowest BCUT2D eigenvalue weighted by Crippen LogP contribution is -1.86. The summed E-state index contributed by atoms with van der Waals surface area (Å²) in [4.78, 5) is 7.57. The second kappa shape index (κ2) is 4.35. The van der Waals surface area contributed by atoms with Crippen LogP contribution in [-0.2, 0) is 0 Å². The van der Waals surface area contributed by atoms with Gasteiger partial charge in [0.1, 0.15) is 5.82 Å². The minimum absolute atomic E-state index is 0.102. The van der Waals surface area contributed by atoms with E-state index >= 15 is 0 Å². The number of rotatable bonds is 1. The highest BCUT2D eigenvalue weighted by atomic mass is 35.5. The van der Waals surface area contributed by atoms with Gasteiger partial charge in [0.15, 0.2) is 5.82 Å². The molecule has 0 aliphatic rings. The van der Waals surface area contributed by atoms with E-state index in [0.717, 1.165) is 16.6 Å². The van der Waals surface area contributed by atoms with Gasteiger partial charge < -0.3 is 4.98 Å². The summed E-state index contributed by atoms with van der Waals surface area (Å²) >= 11 is 5.80. The van der Waals surface area contributed by atoms with E-state index in [0.29, 0.717) is 11.4 Å². The lowest BCUT2D eigenvalue weighted by molar-refractivity contribution is 0.630. The summed E-state index contributed by atoms with van der Waals surface area (Å²) in [5.41, 5.74) is 4.46. The number of aryl methyl sites for hydroxylation is 2. The molecule has 0 atom stereocenters. The van der Waals surface area contributed by atoms with Gasteiger partial charge in [-0.15, -0.1) is 0 Å². The molecule has 2 nitrogen and oxygen atoms in total. The highest BCUT2D eigenvalue weighted by Crippen LogP contribution is 2.28. The highest BCUT2D eigenvalue weighted by molar-refractivity contribution is 6.31. The van der Waals surface area contributed by atoms with Crippen molar-refractivity contribution in [2.24, 2.45) is 0 Å². The van der Waals surface area contributed by atoms with Gasteiger partial charge in [0.05, 0.1) is 21.6 Å². The van der Waals surface area contributed by atoms with Crippen LogP contribution in [0.3, 0.4) is 0 Å². The number of fused-ring (bicyclic) bond motifs is 1.